The van der Waals surface area contributed by atoms with Crippen LogP contribution in [0.5, 0.6) is 0 Å². The van der Waals surface area contributed by atoms with Crippen molar-refractivity contribution in [1.82, 2.24) is 0 Å². The summed E-state index contributed by atoms with van der Waals surface area (Å²) in [6, 6.07) is 85.8. The average molecular weight is 1680 g/mol. The third kappa shape index (κ3) is 33.1. The van der Waals surface area contributed by atoms with Crippen LogP contribution >= 0.6 is 0 Å². The minimum atomic E-state index is 1.12. The first kappa shape index (κ1) is 107. The largest absolute Gasteiger partial charge is 0.0617 e. The summed E-state index contributed by atoms with van der Waals surface area (Å²) in [4.78, 5) is 0. The average Bonchev–Trinajstić information content (AvgIpc) is 0.809. The van der Waals surface area contributed by atoms with Gasteiger partial charge in [-0.1, -0.05) is 380 Å². The first-order chi connectivity index (χ1) is 60.6. The standard InChI is InChI=1S/4C15H18.6C11H16/c1-4-12-6-9-15-11(3)13(5-2)7-8-14(15)10-12;1-4-12-6-7-14-9-13(5-2)8-11(3)15(14)10-12;1-4-12-6-7-14-10-13(5-2)11(3)8-15(14)9-12;1-4-12-6-7-14-8-11(3)13(5-2)10-15(14)9-12;1-4-10-6-9(3)7-11(5-2)8-10;1-4-10-6-7-11(5-2)9(3)8-10;1-4-10-7-6-9(3)11(5-2)8-10;1-4-10-7-6-9(3)8-11(10)5-2;1-4-10-7-6-8-11(5-2)9(10)3;1-4-10-8-6-7-9(3)11(10)5-2/h4*6-10H,4-5H2,1-3H3;6*6-8H,4-5H2,1-3H3. The Morgan fingerprint density at radius 2 is 0.484 bits per heavy atom. The van der Waals surface area contributed by atoms with Gasteiger partial charge in [-0.2, -0.15) is 0 Å². The fraction of sp³-hybridized carbons (Fsp3) is 0.397. The molecule has 0 radical (unpaired) electrons. The highest BCUT2D eigenvalue weighted by Gasteiger charge is 2.09. The van der Waals surface area contributed by atoms with Crippen molar-refractivity contribution < 1.29 is 0 Å². The van der Waals surface area contributed by atoms with Gasteiger partial charge >= 0.3 is 0 Å². The van der Waals surface area contributed by atoms with Crippen LogP contribution in [-0.4, -0.2) is 0 Å². The summed E-state index contributed by atoms with van der Waals surface area (Å²) in [5, 5.41) is 11.1. The van der Waals surface area contributed by atoms with Crippen molar-refractivity contribution in [2.75, 3.05) is 0 Å². The molecule has 0 aliphatic heterocycles. The Kier molecular flexibility index (Phi) is 48.3. The van der Waals surface area contributed by atoms with Crippen LogP contribution in [0.3, 0.4) is 0 Å². The molecule has 0 heteroatoms. The lowest BCUT2D eigenvalue weighted by atomic mass is 9.97. The van der Waals surface area contributed by atoms with Gasteiger partial charge in [0, 0.05) is 0 Å². The number of rotatable bonds is 20. The predicted octanol–water partition coefficient (Wildman–Crippen LogP) is 35.8. The fourth-order valence-corrected chi connectivity index (χ4v) is 17.1. The van der Waals surface area contributed by atoms with Crippen LogP contribution in [-0.2, 0) is 128 Å². The molecule has 0 amide bonds. The second kappa shape index (κ2) is 57.0. The van der Waals surface area contributed by atoms with Crippen LogP contribution in [0.4, 0.5) is 0 Å². The Balaban J connectivity index is 0.000000249. The number of hydrogen-bond donors (Lipinski definition) is 0. The Morgan fingerprint density at radius 1 is 0.143 bits per heavy atom. The smallest absolute Gasteiger partial charge is 0.0152 e. The van der Waals surface area contributed by atoms with Gasteiger partial charge in [0.15, 0.2) is 0 Å². The van der Waals surface area contributed by atoms with Gasteiger partial charge < -0.3 is 0 Å². The van der Waals surface area contributed by atoms with E-state index in [1.807, 2.05) is 0 Å². The lowest BCUT2D eigenvalue weighted by Gasteiger charge is -2.08. The highest BCUT2D eigenvalue weighted by molar-refractivity contribution is 5.89. The second-order valence-electron chi connectivity index (χ2n) is 34.4. The minimum absolute atomic E-state index is 1.12. The third-order valence-corrected chi connectivity index (χ3v) is 25.8. The van der Waals surface area contributed by atoms with Gasteiger partial charge in [-0.05, 0) is 397 Å². The Hall–Kier alpha value is -9.88. The van der Waals surface area contributed by atoms with Crippen molar-refractivity contribution in [3.8, 4) is 0 Å². The molecule has 126 heavy (non-hydrogen) atoms. The van der Waals surface area contributed by atoms with E-state index in [0.717, 1.165) is 128 Å². The summed E-state index contributed by atoms with van der Waals surface area (Å²) in [5.74, 6) is 0. The zero-order chi connectivity index (χ0) is 93.0. The summed E-state index contributed by atoms with van der Waals surface area (Å²) in [5.41, 5.74) is 43.6. The highest BCUT2D eigenvalue weighted by atomic mass is 14.1. The first-order valence-corrected chi connectivity index (χ1v) is 49.2. The van der Waals surface area contributed by atoms with Gasteiger partial charge in [-0.25, -0.2) is 0 Å². The van der Waals surface area contributed by atoms with Gasteiger partial charge in [0.2, 0.25) is 0 Å². The maximum atomic E-state index is 2.34. The van der Waals surface area contributed by atoms with Crippen LogP contribution < -0.4 is 0 Å². The SMILES string of the molecule is CCc1cc(C)c2cc(CC)ccc2c1.CCc1cc(C)cc(CC)c1.CCc1ccc(C)c(CC)c1.CCc1ccc(C)cc1CC.CCc1ccc(CC)c(C)c1.CCc1ccc2c(C)c(CC)ccc2c1.CCc1ccc2cc(C)c(CC)cc2c1.CCc1ccc2cc(CC)c(C)cc2c1.CCc1cccc(C)c1CC.CCc1cccc(CC)c1C. The summed E-state index contributed by atoms with van der Waals surface area (Å²) in [6.07, 6.45) is 22.8. The van der Waals surface area contributed by atoms with Crippen LogP contribution in [0, 0.1) is 69.2 Å². The molecule has 0 spiro atoms. The van der Waals surface area contributed by atoms with Crippen LogP contribution in [0.15, 0.2) is 231 Å². The molecule has 0 aliphatic carbocycles. The van der Waals surface area contributed by atoms with Gasteiger partial charge in [0.05, 0.1) is 0 Å². The maximum absolute atomic E-state index is 2.34. The Labute approximate surface area is 771 Å². The van der Waals surface area contributed by atoms with Crippen molar-refractivity contribution in [2.45, 2.75) is 336 Å². The summed E-state index contributed by atoms with van der Waals surface area (Å²) < 4.78 is 0. The fourth-order valence-electron chi connectivity index (χ4n) is 17.1. The van der Waals surface area contributed by atoms with E-state index in [4.69, 9.17) is 0 Å². The molecule has 0 fully saturated rings. The Bertz CT molecular complexity index is 5530. The van der Waals surface area contributed by atoms with E-state index >= 15 is 0 Å². The zero-order valence-electron chi connectivity index (χ0n) is 85.1. The molecule has 0 aromatic heterocycles. The lowest BCUT2D eigenvalue weighted by Crippen LogP contribution is -1.93. The second-order valence-corrected chi connectivity index (χ2v) is 34.4. The molecule has 0 atom stereocenters. The van der Waals surface area contributed by atoms with Crippen LogP contribution in [0.25, 0.3) is 43.1 Å². The molecule has 672 valence electrons. The predicted molar refractivity (Wildman–Crippen MR) is 569 cm³/mol. The van der Waals surface area contributed by atoms with E-state index in [2.05, 4.69) is 438 Å². The molecule has 0 unspecified atom stereocenters. The number of aryl methyl sites for hydroxylation is 28. The van der Waals surface area contributed by atoms with Crippen LogP contribution in [0.2, 0.25) is 0 Å². The molecule has 14 aromatic rings. The van der Waals surface area contributed by atoms with Gasteiger partial charge in [-0.3, -0.25) is 0 Å². The van der Waals surface area contributed by atoms with E-state index in [-0.39, 0.29) is 0 Å². The maximum Gasteiger partial charge on any atom is -0.0152 e. The Morgan fingerprint density at radius 3 is 0.976 bits per heavy atom. The van der Waals surface area contributed by atoms with Crippen LogP contribution in [0.1, 0.15) is 305 Å². The normalized spacial score (nSPS) is 10.5. The van der Waals surface area contributed by atoms with Crippen molar-refractivity contribution in [3.63, 3.8) is 0 Å². The quantitative estimate of drug-likeness (QED) is 0.0713. The molecule has 0 bridgehead atoms. The van der Waals surface area contributed by atoms with Crippen molar-refractivity contribution in [3.05, 3.63) is 397 Å². The number of benzene rings is 14. The summed E-state index contributed by atoms with van der Waals surface area (Å²) in [7, 11) is 0. The van der Waals surface area contributed by atoms with E-state index in [1.54, 1.807) is 0 Å². The monoisotopic (exact) mass is 1680 g/mol. The van der Waals surface area contributed by atoms with Crippen molar-refractivity contribution >= 4 is 43.1 Å². The molecular formula is C126H168. The first-order valence-electron chi connectivity index (χ1n) is 49.2. The van der Waals surface area contributed by atoms with E-state index < -0.39 is 0 Å². The molecule has 14 rings (SSSR count). The molecule has 0 saturated heterocycles. The van der Waals surface area contributed by atoms with E-state index in [9.17, 15) is 0 Å². The molecule has 0 saturated carbocycles. The van der Waals surface area contributed by atoms with Crippen molar-refractivity contribution in [1.29, 1.82) is 0 Å². The van der Waals surface area contributed by atoms with Gasteiger partial charge in [-0.15, -0.1) is 0 Å². The number of hydrogen-bond acceptors (Lipinski definition) is 0. The molecule has 14 aromatic carbocycles. The third-order valence-electron chi connectivity index (χ3n) is 25.8. The van der Waals surface area contributed by atoms with E-state index in [1.165, 1.54) is 210 Å². The molecular weight excluding hydrogens is 1510 g/mol. The lowest BCUT2D eigenvalue weighted by molar-refractivity contribution is 1.02. The highest BCUT2D eigenvalue weighted by Crippen LogP contribution is 2.29. The summed E-state index contributed by atoms with van der Waals surface area (Å²) >= 11 is 0. The molecule has 0 nitrogen and oxygen atoms in total. The molecule has 0 aliphatic rings. The topological polar surface area (TPSA) is 0 Å². The van der Waals surface area contributed by atoms with Crippen molar-refractivity contribution in [2.24, 2.45) is 0 Å². The molecule has 0 heterocycles. The van der Waals surface area contributed by atoms with Gasteiger partial charge in [0.1, 0.15) is 0 Å². The molecule has 0 N–H and O–H groups in total. The number of fused-ring (bicyclic) bond motifs is 4. The van der Waals surface area contributed by atoms with E-state index in [0.29, 0.717) is 0 Å². The zero-order valence-corrected chi connectivity index (χ0v) is 85.1. The summed E-state index contributed by atoms with van der Waals surface area (Å²) in [6.45, 7) is 66.1. The van der Waals surface area contributed by atoms with Gasteiger partial charge in [0.25, 0.3) is 0 Å². The minimum Gasteiger partial charge on any atom is -0.0617 e.